The summed E-state index contributed by atoms with van der Waals surface area (Å²) in [5, 5.41) is 22.6. The Balaban J connectivity index is 1.32. The standard InChI is InChI=1S/C35H24N4O10S/c1-2-46-34(41)30-31(21-6-4-3-5-7-21)36-35-37(32(30)22-10-14-27-28(17-22)48-19-47-27)33(40)29(50-35)16-20-8-12-24(13-9-20)49-26-15-11-23(38(42)43)18-25(26)39(44)45/h3-18,32H,2,19H2,1H3/b29-16-/t32-/m1/s1. The molecule has 15 heteroatoms. The number of hydrogen-bond acceptors (Lipinski definition) is 12. The van der Waals surface area contributed by atoms with Crippen molar-refractivity contribution < 1.29 is 33.6 Å². The van der Waals surface area contributed by atoms with Crippen LogP contribution in [0.2, 0.25) is 0 Å². The van der Waals surface area contributed by atoms with E-state index in [1.807, 2.05) is 30.3 Å². The van der Waals surface area contributed by atoms with Crippen molar-refractivity contribution >= 4 is 40.5 Å². The largest absolute Gasteiger partial charge is 0.463 e. The van der Waals surface area contributed by atoms with Gasteiger partial charge >= 0.3 is 11.7 Å². The normalized spacial score (nSPS) is 14.9. The molecule has 0 saturated carbocycles. The first kappa shape index (κ1) is 32.0. The number of nitrogens with zero attached hydrogens (tertiary/aromatic N) is 4. The Morgan fingerprint density at radius 3 is 2.46 bits per heavy atom. The van der Waals surface area contributed by atoms with E-state index in [9.17, 15) is 29.8 Å². The van der Waals surface area contributed by atoms with Crippen molar-refractivity contribution in [3.8, 4) is 23.0 Å². The minimum absolute atomic E-state index is 0.0476. The summed E-state index contributed by atoms with van der Waals surface area (Å²) in [5.41, 5.74) is 1.04. The molecule has 0 fully saturated rings. The number of fused-ring (bicyclic) bond motifs is 2. The van der Waals surface area contributed by atoms with Crippen molar-refractivity contribution in [2.75, 3.05) is 13.4 Å². The van der Waals surface area contributed by atoms with Crippen LogP contribution in [0, 0.1) is 20.2 Å². The first-order valence-corrected chi connectivity index (χ1v) is 15.9. The molecule has 0 bridgehead atoms. The van der Waals surface area contributed by atoms with E-state index < -0.39 is 38.8 Å². The summed E-state index contributed by atoms with van der Waals surface area (Å²) < 4.78 is 24.1. The average Bonchev–Trinajstić information content (AvgIpc) is 3.72. The second kappa shape index (κ2) is 13.1. The maximum absolute atomic E-state index is 14.2. The Kier molecular flexibility index (Phi) is 8.39. The molecule has 0 amide bonds. The van der Waals surface area contributed by atoms with Crippen LogP contribution in [0.15, 0.2) is 106 Å². The zero-order valence-corrected chi connectivity index (χ0v) is 26.8. The molecule has 3 heterocycles. The van der Waals surface area contributed by atoms with Crippen LogP contribution in [0.4, 0.5) is 11.4 Å². The van der Waals surface area contributed by atoms with Crippen LogP contribution in [-0.2, 0) is 9.53 Å². The van der Waals surface area contributed by atoms with Gasteiger partial charge in [0, 0.05) is 11.6 Å². The van der Waals surface area contributed by atoms with E-state index in [0.717, 1.165) is 29.5 Å². The van der Waals surface area contributed by atoms with E-state index in [2.05, 4.69) is 0 Å². The molecule has 0 spiro atoms. The van der Waals surface area contributed by atoms with Crippen molar-refractivity contribution in [1.82, 2.24) is 4.57 Å². The molecule has 0 unspecified atom stereocenters. The summed E-state index contributed by atoms with van der Waals surface area (Å²) >= 11 is 1.15. The molecule has 250 valence electrons. The number of carbonyl (C=O) groups excluding carboxylic acids is 1. The fraction of sp³-hybridized carbons (Fsp3) is 0.114. The first-order chi connectivity index (χ1) is 24.2. The van der Waals surface area contributed by atoms with Crippen LogP contribution in [0.1, 0.15) is 29.7 Å². The number of non-ortho nitro benzene ring substituents is 1. The third-order valence-corrected chi connectivity index (χ3v) is 8.82. The van der Waals surface area contributed by atoms with Gasteiger partial charge in [-0.15, -0.1) is 0 Å². The smallest absolute Gasteiger partial charge is 0.338 e. The lowest BCUT2D eigenvalue weighted by Crippen LogP contribution is -2.40. The van der Waals surface area contributed by atoms with Crippen molar-refractivity contribution in [3.05, 3.63) is 153 Å². The minimum Gasteiger partial charge on any atom is -0.463 e. The van der Waals surface area contributed by atoms with Gasteiger partial charge in [0.1, 0.15) is 5.75 Å². The Morgan fingerprint density at radius 1 is 0.980 bits per heavy atom. The van der Waals surface area contributed by atoms with E-state index in [0.29, 0.717) is 43.2 Å². The number of esters is 1. The average molecular weight is 693 g/mol. The lowest BCUT2D eigenvalue weighted by atomic mass is 9.93. The number of nitro groups is 2. The highest BCUT2D eigenvalue weighted by molar-refractivity contribution is 7.07. The van der Waals surface area contributed by atoms with Gasteiger partial charge < -0.3 is 18.9 Å². The highest BCUT2D eigenvalue weighted by Crippen LogP contribution is 2.40. The molecule has 50 heavy (non-hydrogen) atoms. The number of hydrogen-bond donors (Lipinski definition) is 0. The van der Waals surface area contributed by atoms with E-state index >= 15 is 0 Å². The molecule has 5 aromatic rings. The molecule has 2 aliphatic heterocycles. The number of thiazole rings is 1. The van der Waals surface area contributed by atoms with Gasteiger partial charge in [0.05, 0.1) is 44.4 Å². The third kappa shape index (κ3) is 5.97. The van der Waals surface area contributed by atoms with Gasteiger partial charge in [-0.2, -0.15) is 0 Å². The molecule has 4 aromatic carbocycles. The predicted molar refractivity (Wildman–Crippen MR) is 180 cm³/mol. The molecule has 0 aliphatic carbocycles. The molecule has 1 atom stereocenters. The van der Waals surface area contributed by atoms with Crippen LogP contribution in [0.3, 0.4) is 0 Å². The van der Waals surface area contributed by atoms with Crippen LogP contribution >= 0.6 is 11.3 Å². The lowest BCUT2D eigenvalue weighted by Gasteiger charge is -2.26. The topological polar surface area (TPSA) is 175 Å². The zero-order valence-electron chi connectivity index (χ0n) is 26.0. The van der Waals surface area contributed by atoms with Gasteiger partial charge in [-0.25, -0.2) is 9.79 Å². The van der Waals surface area contributed by atoms with E-state index in [1.54, 1.807) is 55.5 Å². The van der Waals surface area contributed by atoms with Crippen molar-refractivity contribution in [1.29, 1.82) is 0 Å². The maximum Gasteiger partial charge on any atom is 0.338 e. The van der Waals surface area contributed by atoms with Crippen molar-refractivity contribution in [2.24, 2.45) is 4.99 Å². The molecular formula is C35H24N4O10S. The molecule has 0 N–H and O–H groups in total. The quantitative estimate of drug-likeness (QED) is 0.112. The predicted octanol–water partition coefficient (Wildman–Crippen LogP) is 5.27. The van der Waals surface area contributed by atoms with Crippen LogP contribution in [0.25, 0.3) is 11.8 Å². The second-order valence-electron chi connectivity index (χ2n) is 10.9. The number of aromatic nitrogens is 1. The molecule has 0 radical (unpaired) electrons. The summed E-state index contributed by atoms with van der Waals surface area (Å²) in [5.74, 6) is 0.469. The molecular weight excluding hydrogens is 668 g/mol. The van der Waals surface area contributed by atoms with E-state index in [1.165, 1.54) is 4.57 Å². The summed E-state index contributed by atoms with van der Waals surface area (Å²) in [4.78, 5) is 54.2. The Labute approximate surface area is 285 Å². The monoisotopic (exact) mass is 692 g/mol. The number of rotatable bonds is 9. The van der Waals surface area contributed by atoms with Gasteiger partial charge in [0.15, 0.2) is 16.3 Å². The maximum atomic E-state index is 14.2. The van der Waals surface area contributed by atoms with Crippen LogP contribution in [-0.4, -0.2) is 33.8 Å². The van der Waals surface area contributed by atoms with Gasteiger partial charge in [0.25, 0.3) is 11.2 Å². The molecule has 0 saturated heterocycles. The van der Waals surface area contributed by atoms with Gasteiger partial charge in [-0.1, -0.05) is 59.9 Å². The number of carbonyl (C=O) groups is 1. The summed E-state index contributed by atoms with van der Waals surface area (Å²) in [6, 6.07) is 23.0. The highest BCUT2D eigenvalue weighted by Gasteiger charge is 2.36. The molecule has 14 nitrogen and oxygen atoms in total. The Morgan fingerprint density at radius 2 is 1.74 bits per heavy atom. The molecule has 7 rings (SSSR count). The summed E-state index contributed by atoms with van der Waals surface area (Å²) in [6.07, 6.45) is 1.66. The minimum atomic E-state index is -0.912. The van der Waals surface area contributed by atoms with Crippen LogP contribution < -0.4 is 29.1 Å². The summed E-state index contributed by atoms with van der Waals surface area (Å²) in [6.45, 7) is 1.86. The van der Waals surface area contributed by atoms with Crippen LogP contribution in [0.5, 0.6) is 23.0 Å². The third-order valence-electron chi connectivity index (χ3n) is 7.84. The number of benzene rings is 4. The fourth-order valence-electron chi connectivity index (χ4n) is 5.60. The Hall–Kier alpha value is -6.61. The number of nitro benzene ring substituents is 2. The second-order valence-corrected chi connectivity index (χ2v) is 11.9. The van der Waals surface area contributed by atoms with Crippen molar-refractivity contribution in [2.45, 2.75) is 13.0 Å². The Bertz CT molecular complexity index is 2400. The van der Waals surface area contributed by atoms with Crippen molar-refractivity contribution in [3.63, 3.8) is 0 Å². The summed E-state index contributed by atoms with van der Waals surface area (Å²) in [7, 11) is 0. The zero-order chi connectivity index (χ0) is 34.9. The van der Waals surface area contributed by atoms with Gasteiger partial charge in [-0.05, 0) is 54.5 Å². The van der Waals surface area contributed by atoms with Gasteiger partial charge in [-0.3, -0.25) is 29.6 Å². The first-order valence-electron chi connectivity index (χ1n) is 15.1. The highest BCUT2D eigenvalue weighted by atomic mass is 32.1. The number of ether oxygens (including phenoxy) is 4. The fourth-order valence-corrected chi connectivity index (χ4v) is 6.60. The molecule has 2 aliphatic rings. The lowest BCUT2D eigenvalue weighted by molar-refractivity contribution is -0.394. The van der Waals surface area contributed by atoms with E-state index in [-0.39, 0.29) is 30.5 Å². The van der Waals surface area contributed by atoms with Gasteiger partial charge in [0.2, 0.25) is 12.5 Å². The molecule has 1 aromatic heterocycles. The SMILES string of the molecule is CCOC(=O)C1=C(c2ccccc2)N=c2s/c(=C\c3ccc(Oc4ccc([N+](=O)[O-])cc4[N+](=O)[O-])cc3)c(=O)n2[C@@H]1c1ccc2c(c1)OCO2. The van der Waals surface area contributed by atoms with E-state index in [4.69, 9.17) is 23.9 Å².